The van der Waals surface area contributed by atoms with Crippen molar-refractivity contribution in [3.8, 4) is 11.5 Å². The van der Waals surface area contributed by atoms with Crippen molar-refractivity contribution in [2.75, 3.05) is 0 Å². The average Bonchev–Trinajstić information content (AvgIpc) is 3.64. The van der Waals surface area contributed by atoms with Crippen LogP contribution in [0.1, 0.15) is 84.9 Å². The highest BCUT2D eigenvalue weighted by molar-refractivity contribution is 7.12. The summed E-state index contributed by atoms with van der Waals surface area (Å²) in [5.74, 6) is 0.473. The van der Waals surface area contributed by atoms with E-state index in [1.165, 1.54) is 23.3 Å². The second-order valence-corrected chi connectivity index (χ2v) is 13.6. The first kappa shape index (κ1) is 29.8. The van der Waals surface area contributed by atoms with Crippen LogP contribution in [0.4, 0.5) is 0 Å². The third-order valence-corrected chi connectivity index (χ3v) is 9.36. The number of amides is 1. The van der Waals surface area contributed by atoms with Gasteiger partial charge in [-0.1, -0.05) is 71.6 Å². The maximum absolute atomic E-state index is 13.4. The van der Waals surface area contributed by atoms with Gasteiger partial charge in [-0.15, -0.1) is 11.3 Å². The summed E-state index contributed by atoms with van der Waals surface area (Å²) in [5.41, 5.74) is 2.41. The van der Waals surface area contributed by atoms with E-state index in [0.29, 0.717) is 11.7 Å². The van der Waals surface area contributed by atoms with E-state index >= 15 is 0 Å². The summed E-state index contributed by atoms with van der Waals surface area (Å²) >= 11 is 1.58. The Balaban J connectivity index is 1.41. The van der Waals surface area contributed by atoms with Crippen molar-refractivity contribution >= 4 is 34.0 Å². The van der Waals surface area contributed by atoms with Crippen LogP contribution in [0.15, 0.2) is 60.7 Å². The molecule has 1 amide bonds. The predicted octanol–water partition coefficient (Wildman–Crippen LogP) is 8.11. The van der Waals surface area contributed by atoms with E-state index in [4.69, 9.17) is 9.72 Å². The van der Waals surface area contributed by atoms with E-state index in [1.54, 1.807) is 17.4 Å². The summed E-state index contributed by atoms with van der Waals surface area (Å²) in [6, 6.07) is 18.7. The van der Waals surface area contributed by atoms with E-state index in [2.05, 4.69) is 45.1 Å². The number of pyridine rings is 1. The molecule has 7 heteroatoms. The maximum atomic E-state index is 13.4. The first-order valence-corrected chi connectivity index (χ1v) is 15.7. The zero-order valence-corrected chi connectivity index (χ0v) is 25.7. The Kier molecular flexibility index (Phi) is 8.97. The number of benzene rings is 2. The molecule has 1 atom stereocenters. The number of hydrogen-bond donors (Lipinski definition) is 2. The van der Waals surface area contributed by atoms with Crippen molar-refractivity contribution < 1.29 is 19.4 Å². The van der Waals surface area contributed by atoms with Crippen LogP contribution < -0.4 is 10.1 Å². The Labute approximate surface area is 252 Å². The van der Waals surface area contributed by atoms with Crippen LogP contribution in [0.25, 0.3) is 10.8 Å². The number of carboxylic acids is 1. The van der Waals surface area contributed by atoms with Gasteiger partial charge in [0, 0.05) is 27.3 Å². The van der Waals surface area contributed by atoms with Gasteiger partial charge in [0.25, 0.3) is 5.91 Å². The minimum Gasteiger partial charge on any atom is -0.480 e. The number of nitrogens with zero attached hydrogens (tertiary/aromatic N) is 1. The normalized spacial score (nSPS) is 14.7. The van der Waals surface area contributed by atoms with Gasteiger partial charge < -0.3 is 15.2 Å². The van der Waals surface area contributed by atoms with Crippen molar-refractivity contribution in [2.24, 2.45) is 5.92 Å². The van der Waals surface area contributed by atoms with Crippen LogP contribution in [0, 0.1) is 5.92 Å². The number of aryl methyl sites for hydroxylation is 1. The fourth-order valence-electron chi connectivity index (χ4n) is 5.63. The first-order valence-electron chi connectivity index (χ1n) is 14.9. The number of aliphatic carboxylic acids is 1. The summed E-state index contributed by atoms with van der Waals surface area (Å²) in [5, 5.41) is 14.5. The molecular weight excluding hydrogens is 544 g/mol. The minimum atomic E-state index is -1.06. The summed E-state index contributed by atoms with van der Waals surface area (Å²) in [6.07, 6.45) is 6.64. The standard InChI is InChI=1S/C35H40N2O4S/c1-5-27-16-17-28(42-27)21-32(34(39)40)37-33(38)31-19-23-10-13-26(41-25-14-11-24(12-15-25)35(2,3)4)20-29(23)30(36-31)18-22-8-6-7-9-22/h10-17,19-20,22,32H,5-9,18,21H2,1-4H3,(H,37,38)(H,39,40)/t32-/m0/s1. The number of hydrogen-bond acceptors (Lipinski definition) is 5. The number of carbonyl (C=O) groups excluding carboxylic acids is 1. The molecule has 1 fully saturated rings. The third-order valence-electron chi connectivity index (χ3n) is 8.10. The molecule has 0 unspecified atom stereocenters. The number of carboxylic acid groups (broad SMARTS) is 1. The molecule has 0 bridgehead atoms. The molecule has 0 radical (unpaired) electrons. The van der Waals surface area contributed by atoms with Gasteiger partial charge >= 0.3 is 5.97 Å². The SMILES string of the molecule is CCc1ccc(C[C@H](NC(=O)c2cc3ccc(Oc4ccc(C(C)(C)C)cc4)cc3c(CC3CCCC3)n2)C(=O)O)s1. The lowest BCUT2D eigenvalue weighted by atomic mass is 9.87. The van der Waals surface area contributed by atoms with Gasteiger partial charge in [-0.3, -0.25) is 4.79 Å². The van der Waals surface area contributed by atoms with Crippen LogP contribution in [0.5, 0.6) is 11.5 Å². The van der Waals surface area contributed by atoms with E-state index in [-0.39, 0.29) is 17.5 Å². The molecule has 0 aliphatic heterocycles. The smallest absolute Gasteiger partial charge is 0.326 e. The minimum absolute atomic E-state index is 0.0688. The molecule has 1 aliphatic carbocycles. The largest absolute Gasteiger partial charge is 0.480 e. The highest BCUT2D eigenvalue weighted by atomic mass is 32.1. The average molecular weight is 585 g/mol. The number of nitrogens with one attached hydrogen (secondary N) is 1. The second kappa shape index (κ2) is 12.7. The monoisotopic (exact) mass is 584 g/mol. The molecule has 2 aromatic heterocycles. The van der Waals surface area contributed by atoms with Crippen LogP contribution in [0.2, 0.25) is 0 Å². The number of thiophene rings is 1. The van der Waals surface area contributed by atoms with Crippen LogP contribution in [0.3, 0.4) is 0 Å². The van der Waals surface area contributed by atoms with Gasteiger partial charge in [0.2, 0.25) is 0 Å². The Morgan fingerprint density at radius 3 is 2.33 bits per heavy atom. The zero-order chi connectivity index (χ0) is 29.9. The zero-order valence-electron chi connectivity index (χ0n) is 24.9. The Bertz CT molecular complexity index is 1560. The number of aromatic nitrogens is 1. The molecule has 2 heterocycles. The molecule has 4 aromatic rings. The predicted molar refractivity (Wildman–Crippen MR) is 169 cm³/mol. The first-order chi connectivity index (χ1) is 20.1. The van der Waals surface area contributed by atoms with E-state index in [0.717, 1.165) is 52.8 Å². The number of rotatable bonds is 10. The quantitative estimate of drug-likeness (QED) is 0.197. The molecule has 5 rings (SSSR count). The van der Waals surface area contributed by atoms with Crippen molar-refractivity contribution in [3.05, 3.63) is 87.4 Å². The van der Waals surface area contributed by atoms with Gasteiger partial charge in [0.1, 0.15) is 23.2 Å². The third kappa shape index (κ3) is 7.19. The Morgan fingerprint density at radius 2 is 1.69 bits per heavy atom. The fraction of sp³-hybridized carbons (Fsp3) is 0.400. The van der Waals surface area contributed by atoms with Crippen LogP contribution >= 0.6 is 11.3 Å². The van der Waals surface area contributed by atoms with E-state index < -0.39 is 17.9 Å². The van der Waals surface area contributed by atoms with Gasteiger partial charge in [-0.2, -0.15) is 0 Å². The molecule has 0 saturated heterocycles. The highest BCUT2D eigenvalue weighted by Crippen LogP contribution is 2.33. The topological polar surface area (TPSA) is 88.5 Å². The van der Waals surface area contributed by atoms with Crippen molar-refractivity contribution in [1.29, 1.82) is 0 Å². The summed E-state index contributed by atoms with van der Waals surface area (Å²) in [4.78, 5) is 32.4. The molecule has 2 aromatic carbocycles. The van der Waals surface area contributed by atoms with Gasteiger partial charge in [-0.25, -0.2) is 9.78 Å². The van der Waals surface area contributed by atoms with Crippen LogP contribution in [-0.2, 0) is 29.5 Å². The summed E-state index contributed by atoms with van der Waals surface area (Å²) in [7, 11) is 0. The number of ether oxygens (including phenoxy) is 1. The van der Waals surface area contributed by atoms with Gasteiger partial charge in [0.15, 0.2) is 0 Å². The van der Waals surface area contributed by atoms with E-state index in [9.17, 15) is 14.7 Å². The highest BCUT2D eigenvalue weighted by Gasteiger charge is 2.25. The Morgan fingerprint density at radius 1 is 1.00 bits per heavy atom. The number of carbonyl (C=O) groups is 2. The van der Waals surface area contributed by atoms with Gasteiger partial charge in [-0.05, 0) is 77.6 Å². The molecule has 1 saturated carbocycles. The molecule has 6 nitrogen and oxygen atoms in total. The van der Waals surface area contributed by atoms with Crippen molar-refractivity contribution in [3.63, 3.8) is 0 Å². The molecule has 0 spiro atoms. The second-order valence-electron chi connectivity index (χ2n) is 12.4. The van der Waals surface area contributed by atoms with Crippen molar-refractivity contribution in [1.82, 2.24) is 10.3 Å². The molecule has 2 N–H and O–H groups in total. The van der Waals surface area contributed by atoms with E-state index in [1.807, 2.05) is 42.5 Å². The van der Waals surface area contributed by atoms with Crippen molar-refractivity contribution in [2.45, 2.75) is 84.1 Å². The number of fused-ring (bicyclic) bond motifs is 1. The maximum Gasteiger partial charge on any atom is 0.326 e. The Hall–Kier alpha value is -3.71. The fourth-order valence-corrected chi connectivity index (χ4v) is 6.64. The molecular formula is C35H40N2O4S. The molecule has 42 heavy (non-hydrogen) atoms. The summed E-state index contributed by atoms with van der Waals surface area (Å²) in [6.45, 7) is 8.63. The lowest BCUT2D eigenvalue weighted by Gasteiger charge is -2.19. The molecule has 220 valence electrons. The lowest BCUT2D eigenvalue weighted by molar-refractivity contribution is -0.139. The van der Waals surface area contributed by atoms with Gasteiger partial charge in [0.05, 0.1) is 0 Å². The molecule has 1 aliphatic rings. The summed E-state index contributed by atoms with van der Waals surface area (Å²) < 4.78 is 6.23. The van der Waals surface area contributed by atoms with Crippen LogP contribution in [-0.4, -0.2) is 28.0 Å². The lowest BCUT2D eigenvalue weighted by Crippen LogP contribution is -2.42.